The Morgan fingerprint density at radius 1 is 1.13 bits per heavy atom. The van der Waals surface area contributed by atoms with Crippen LogP contribution in [0, 0.1) is 6.92 Å². The third-order valence-electron chi connectivity index (χ3n) is 5.92. The average Bonchev–Trinajstić information content (AvgIpc) is 3.38. The van der Waals surface area contributed by atoms with Crippen LogP contribution in [-0.2, 0) is 17.6 Å². The number of hydrogen-bond donors (Lipinski definition) is 3. The van der Waals surface area contributed by atoms with Gasteiger partial charge in [-0.05, 0) is 56.4 Å². The smallest absolute Gasteiger partial charge is 0.281 e. The van der Waals surface area contributed by atoms with Crippen molar-refractivity contribution in [2.75, 3.05) is 31.2 Å². The van der Waals surface area contributed by atoms with E-state index in [9.17, 15) is 9.59 Å². The highest BCUT2D eigenvalue weighted by molar-refractivity contribution is 7.17. The van der Waals surface area contributed by atoms with E-state index in [0.29, 0.717) is 29.3 Å². The molecule has 0 spiro atoms. The first-order valence-electron chi connectivity index (χ1n) is 10.6. The maximum Gasteiger partial charge on any atom is 0.281 e. The molecule has 1 aliphatic carbocycles. The van der Waals surface area contributed by atoms with Crippen LogP contribution in [-0.4, -0.2) is 48.1 Å². The van der Waals surface area contributed by atoms with Crippen LogP contribution < -0.4 is 15.8 Å². The van der Waals surface area contributed by atoms with E-state index in [1.165, 1.54) is 35.4 Å². The fourth-order valence-corrected chi connectivity index (χ4v) is 5.29. The summed E-state index contributed by atoms with van der Waals surface area (Å²) in [5.74, 6) is -0.695. The Hall–Kier alpha value is -2.91. The third-order valence-corrected chi connectivity index (χ3v) is 7.14. The number of carbonyl (C=O) groups is 2. The van der Waals surface area contributed by atoms with Gasteiger partial charge in [0.1, 0.15) is 4.88 Å². The standard InChI is InChI=1S/C22H25N5O3S/c1-13-19(31-22(23-13)27-8-10-30-11-9-27)21(29)26-25-20(28)14-6-7-18-16(12-14)15-4-2-3-5-17(15)24-18/h6-7,12,24H,2-5,8-11H2,1H3,(H,25,28)(H,26,29). The summed E-state index contributed by atoms with van der Waals surface area (Å²) in [6, 6.07) is 5.62. The summed E-state index contributed by atoms with van der Waals surface area (Å²) in [5.41, 5.74) is 9.92. The predicted octanol–water partition coefficient (Wildman–Crippen LogP) is 2.72. The molecule has 0 radical (unpaired) electrons. The van der Waals surface area contributed by atoms with Crippen LogP contribution in [0.3, 0.4) is 0 Å². The topological polar surface area (TPSA) is 99.3 Å². The number of aryl methyl sites for hydroxylation is 3. The molecule has 1 saturated heterocycles. The van der Waals surface area contributed by atoms with Crippen molar-refractivity contribution in [3.63, 3.8) is 0 Å². The maximum atomic E-state index is 12.7. The van der Waals surface area contributed by atoms with Crippen molar-refractivity contribution >= 4 is 39.2 Å². The van der Waals surface area contributed by atoms with Gasteiger partial charge < -0.3 is 14.6 Å². The number of H-pyrrole nitrogens is 1. The van der Waals surface area contributed by atoms with Crippen LogP contribution in [0.15, 0.2) is 18.2 Å². The first-order valence-corrected chi connectivity index (χ1v) is 11.5. The summed E-state index contributed by atoms with van der Waals surface area (Å²) in [4.78, 5) is 35.9. The zero-order valence-electron chi connectivity index (χ0n) is 17.4. The Balaban J connectivity index is 1.27. The highest BCUT2D eigenvalue weighted by atomic mass is 32.1. The van der Waals surface area contributed by atoms with Crippen molar-refractivity contribution in [3.05, 3.63) is 45.6 Å². The number of hydrazine groups is 1. The van der Waals surface area contributed by atoms with Crippen LogP contribution >= 0.6 is 11.3 Å². The summed E-state index contributed by atoms with van der Waals surface area (Å²) in [5, 5.41) is 1.90. The predicted molar refractivity (Wildman–Crippen MR) is 120 cm³/mol. The number of ether oxygens (including phenoxy) is 1. The van der Waals surface area contributed by atoms with Crippen LogP contribution in [0.25, 0.3) is 10.9 Å². The number of fused-ring (bicyclic) bond motifs is 3. The van der Waals surface area contributed by atoms with E-state index in [2.05, 4.69) is 25.7 Å². The quantitative estimate of drug-likeness (QED) is 0.545. The molecule has 3 aromatic rings. The van der Waals surface area contributed by atoms with E-state index in [4.69, 9.17) is 4.74 Å². The molecule has 1 fully saturated rings. The first kappa shape index (κ1) is 20.0. The Labute approximate surface area is 184 Å². The van der Waals surface area contributed by atoms with Crippen molar-refractivity contribution in [3.8, 4) is 0 Å². The van der Waals surface area contributed by atoms with Crippen molar-refractivity contribution in [2.24, 2.45) is 0 Å². The van der Waals surface area contributed by atoms with Crippen LogP contribution in [0.4, 0.5) is 5.13 Å². The van der Waals surface area contributed by atoms with Crippen LogP contribution in [0.5, 0.6) is 0 Å². The molecule has 8 nitrogen and oxygen atoms in total. The van der Waals surface area contributed by atoms with Gasteiger partial charge in [-0.2, -0.15) is 0 Å². The van der Waals surface area contributed by atoms with Gasteiger partial charge in [0.05, 0.1) is 18.9 Å². The van der Waals surface area contributed by atoms with Crippen molar-refractivity contribution < 1.29 is 14.3 Å². The average molecular weight is 440 g/mol. The zero-order chi connectivity index (χ0) is 21.4. The number of benzene rings is 1. The Morgan fingerprint density at radius 2 is 1.90 bits per heavy atom. The molecule has 9 heteroatoms. The fourth-order valence-electron chi connectivity index (χ4n) is 4.27. The number of anilines is 1. The Kier molecular flexibility index (Phi) is 5.37. The number of nitrogens with one attached hydrogen (secondary N) is 3. The normalized spacial score (nSPS) is 16.2. The number of amides is 2. The molecule has 5 rings (SSSR count). The summed E-state index contributed by atoms with van der Waals surface area (Å²) in [6.07, 6.45) is 4.46. The lowest BCUT2D eigenvalue weighted by molar-refractivity contribution is 0.0848. The molecule has 0 bridgehead atoms. The maximum absolute atomic E-state index is 12.7. The molecule has 2 aromatic heterocycles. The molecule has 162 valence electrons. The molecule has 2 aliphatic rings. The largest absolute Gasteiger partial charge is 0.378 e. The SMILES string of the molecule is Cc1nc(N2CCOCC2)sc1C(=O)NNC(=O)c1ccc2[nH]c3c(c2c1)CCCC3. The number of nitrogens with zero attached hydrogens (tertiary/aromatic N) is 2. The minimum atomic E-state index is -0.358. The second kappa shape index (κ2) is 8.32. The van der Waals surface area contributed by atoms with Gasteiger partial charge in [0.25, 0.3) is 11.8 Å². The monoisotopic (exact) mass is 439 g/mol. The molecule has 3 heterocycles. The number of thiazole rings is 1. The third kappa shape index (κ3) is 3.90. The van der Waals surface area contributed by atoms with E-state index >= 15 is 0 Å². The minimum Gasteiger partial charge on any atom is -0.378 e. The lowest BCUT2D eigenvalue weighted by Crippen LogP contribution is -2.41. The fraction of sp³-hybridized carbons (Fsp3) is 0.409. The molecule has 0 unspecified atom stereocenters. The number of aromatic nitrogens is 2. The lowest BCUT2D eigenvalue weighted by Gasteiger charge is -2.25. The first-order chi connectivity index (χ1) is 15.1. The van der Waals surface area contributed by atoms with Gasteiger partial charge in [0.2, 0.25) is 0 Å². The van der Waals surface area contributed by atoms with Gasteiger partial charge >= 0.3 is 0 Å². The highest BCUT2D eigenvalue weighted by Gasteiger charge is 2.21. The summed E-state index contributed by atoms with van der Waals surface area (Å²) in [7, 11) is 0. The summed E-state index contributed by atoms with van der Waals surface area (Å²) < 4.78 is 5.37. The van der Waals surface area contributed by atoms with Gasteiger partial charge in [0.15, 0.2) is 5.13 Å². The molecule has 0 saturated carbocycles. The minimum absolute atomic E-state index is 0.336. The van der Waals surface area contributed by atoms with Gasteiger partial charge in [-0.3, -0.25) is 20.4 Å². The highest BCUT2D eigenvalue weighted by Crippen LogP contribution is 2.30. The number of aromatic amines is 1. The lowest BCUT2D eigenvalue weighted by atomic mass is 9.95. The summed E-state index contributed by atoms with van der Waals surface area (Å²) >= 11 is 1.33. The summed E-state index contributed by atoms with van der Waals surface area (Å²) in [6.45, 7) is 4.64. The van der Waals surface area contributed by atoms with E-state index < -0.39 is 0 Å². The molecule has 0 atom stereocenters. The number of carbonyl (C=O) groups excluding carboxylic acids is 2. The molecular formula is C22H25N5O3S. The number of rotatable bonds is 3. The second-order valence-corrected chi connectivity index (χ2v) is 8.95. The van der Waals surface area contributed by atoms with Gasteiger partial charge in [0, 0.05) is 35.2 Å². The van der Waals surface area contributed by atoms with Gasteiger partial charge in [-0.1, -0.05) is 11.3 Å². The van der Waals surface area contributed by atoms with E-state index in [1.54, 1.807) is 13.0 Å². The van der Waals surface area contributed by atoms with Crippen LogP contribution in [0.2, 0.25) is 0 Å². The zero-order valence-corrected chi connectivity index (χ0v) is 18.2. The molecule has 2 amide bonds. The van der Waals surface area contributed by atoms with E-state index in [-0.39, 0.29) is 11.8 Å². The van der Waals surface area contributed by atoms with Crippen molar-refractivity contribution in [1.82, 2.24) is 20.8 Å². The van der Waals surface area contributed by atoms with Crippen LogP contribution in [0.1, 0.15) is 49.8 Å². The molecular weight excluding hydrogens is 414 g/mol. The van der Waals surface area contributed by atoms with Gasteiger partial charge in [-0.15, -0.1) is 0 Å². The Bertz CT molecular complexity index is 1150. The van der Waals surface area contributed by atoms with E-state index in [1.807, 2.05) is 12.1 Å². The number of hydrogen-bond acceptors (Lipinski definition) is 6. The van der Waals surface area contributed by atoms with Gasteiger partial charge in [-0.25, -0.2) is 4.98 Å². The van der Waals surface area contributed by atoms with Crippen molar-refractivity contribution in [2.45, 2.75) is 32.6 Å². The van der Waals surface area contributed by atoms with Crippen molar-refractivity contribution in [1.29, 1.82) is 0 Å². The van der Waals surface area contributed by atoms with E-state index in [0.717, 1.165) is 42.0 Å². The molecule has 1 aliphatic heterocycles. The molecule has 3 N–H and O–H groups in total. The molecule has 1 aromatic carbocycles. The Morgan fingerprint density at radius 3 is 2.74 bits per heavy atom. The second-order valence-electron chi connectivity index (χ2n) is 7.97. The molecule has 31 heavy (non-hydrogen) atoms. The number of morpholine rings is 1.